The Morgan fingerprint density at radius 1 is 1.38 bits per heavy atom. The van der Waals surface area contributed by atoms with Gasteiger partial charge < -0.3 is 15.0 Å². The van der Waals surface area contributed by atoms with Crippen LogP contribution in [-0.2, 0) is 10.2 Å². The first-order valence-electron chi connectivity index (χ1n) is 9.12. The first-order valence-corrected chi connectivity index (χ1v) is 9.12. The summed E-state index contributed by atoms with van der Waals surface area (Å²) in [6.45, 7) is 4.25. The maximum atomic E-state index is 9.89. The number of aromatic nitrogens is 4. The lowest BCUT2D eigenvalue weighted by atomic mass is 9.84. The molecular formula is C18H23N7O. The van der Waals surface area contributed by atoms with E-state index in [0.29, 0.717) is 19.2 Å². The van der Waals surface area contributed by atoms with Crippen LogP contribution in [0.1, 0.15) is 38.3 Å². The van der Waals surface area contributed by atoms with Crippen molar-refractivity contribution in [2.24, 2.45) is 0 Å². The Hall–Kier alpha value is -2.66. The Morgan fingerprint density at radius 2 is 2.23 bits per heavy atom. The van der Waals surface area contributed by atoms with Crippen LogP contribution in [0.2, 0.25) is 0 Å². The molecule has 0 bridgehead atoms. The van der Waals surface area contributed by atoms with Crippen LogP contribution < -0.4 is 10.2 Å². The number of aromatic amines is 1. The fourth-order valence-electron chi connectivity index (χ4n) is 3.80. The second kappa shape index (κ2) is 6.92. The van der Waals surface area contributed by atoms with Crippen molar-refractivity contribution in [3.63, 3.8) is 0 Å². The molecular weight excluding hydrogens is 330 g/mol. The standard InChI is InChI=1S/C18H23N7O/c1-13-11-26-9-8-25(13)16-10-14(18(12-19)5-2-3-6-18)21-17(23-16)22-15-4-7-20-24-15/h4,7,10,13H,2-3,5-6,8-9,11H2,1H3,(H2,20,21,22,23,24). The summed E-state index contributed by atoms with van der Waals surface area (Å²) >= 11 is 0. The van der Waals surface area contributed by atoms with Gasteiger partial charge in [-0.25, -0.2) is 4.98 Å². The minimum Gasteiger partial charge on any atom is -0.377 e. The summed E-state index contributed by atoms with van der Waals surface area (Å²) in [7, 11) is 0. The first kappa shape index (κ1) is 16.8. The Labute approximate surface area is 152 Å². The molecule has 0 amide bonds. The fourth-order valence-corrected chi connectivity index (χ4v) is 3.80. The molecule has 2 N–H and O–H groups in total. The normalized spacial score (nSPS) is 22.2. The Bertz CT molecular complexity index is 792. The number of anilines is 3. The highest BCUT2D eigenvalue weighted by atomic mass is 16.5. The van der Waals surface area contributed by atoms with Gasteiger partial charge in [0.15, 0.2) is 0 Å². The number of H-pyrrole nitrogens is 1. The fraction of sp³-hybridized carbons (Fsp3) is 0.556. The molecule has 1 aliphatic heterocycles. The van der Waals surface area contributed by atoms with E-state index in [2.05, 4.69) is 33.4 Å². The summed E-state index contributed by atoms with van der Waals surface area (Å²) in [5.41, 5.74) is 0.292. The topological polar surface area (TPSA) is 103 Å². The van der Waals surface area contributed by atoms with Crippen molar-refractivity contribution >= 4 is 17.6 Å². The van der Waals surface area contributed by atoms with E-state index in [-0.39, 0.29) is 6.04 Å². The molecule has 1 atom stereocenters. The summed E-state index contributed by atoms with van der Waals surface area (Å²) < 4.78 is 5.55. The molecule has 2 aromatic heterocycles. The molecule has 2 aliphatic rings. The Morgan fingerprint density at radius 3 is 2.92 bits per heavy atom. The van der Waals surface area contributed by atoms with Crippen molar-refractivity contribution in [1.29, 1.82) is 5.26 Å². The Kier molecular flexibility index (Phi) is 4.47. The highest BCUT2D eigenvalue weighted by Crippen LogP contribution is 2.41. The third-order valence-electron chi connectivity index (χ3n) is 5.28. The van der Waals surface area contributed by atoms with Crippen molar-refractivity contribution in [1.82, 2.24) is 20.2 Å². The van der Waals surface area contributed by atoms with E-state index in [1.54, 1.807) is 6.20 Å². The van der Waals surface area contributed by atoms with Gasteiger partial charge in [0.05, 0.1) is 42.6 Å². The maximum absolute atomic E-state index is 9.89. The van der Waals surface area contributed by atoms with Crippen LogP contribution in [0.3, 0.4) is 0 Å². The largest absolute Gasteiger partial charge is 0.377 e. The van der Waals surface area contributed by atoms with E-state index < -0.39 is 5.41 Å². The van der Waals surface area contributed by atoms with E-state index >= 15 is 0 Å². The van der Waals surface area contributed by atoms with Gasteiger partial charge in [-0.2, -0.15) is 15.3 Å². The Balaban J connectivity index is 1.75. The third-order valence-corrected chi connectivity index (χ3v) is 5.28. The van der Waals surface area contributed by atoms with Crippen LogP contribution in [0, 0.1) is 11.3 Å². The molecule has 3 heterocycles. The minimum atomic E-state index is -0.516. The number of nitrogens with zero attached hydrogens (tertiary/aromatic N) is 5. The summed E-state index contributed by atoms with van der Waals surface area (Å²) in [6.07, 6.45) is 5.49. The smallest absolute Gasteiger partial charge is 0.230 e. The molecule has 1 saturated carbocycles. The quantitative estimate of drug-likeness (QED) is 0.870. The monoisotopic (exact) mass is 353 g/mol. The highest BCUT2D eigenvalue weighted by Gasteiger charge is 2.38. The lowest BCUT2D eigenvalue weighted by Crippen LogP contribution is -2.44. The summed E-state index contributed by atoms with van der Waals surface area (Å²) in [5, 5.41) is 19.9. The number of hydrogen-bond acceptors (Lipinski definition) is 7. The average Bonchev–Trinajstić information content (AvgIpc) is 3.34. The molecule has 8 nitrogen and oxygen atoms in total. The van der Waals surface area contributed by atoms with Crippen molar-refractivity contribution < 1.29 is 4.74 Å². The zero-order valence-electron chi connectivity index (χ0n) is 14.9. The molecule has 4 rings (SSSR count). The zero-order valence-corrected chi connectivity index (χ0v) is 14.9. The molecule has 2 fully saturated rings. The predicted octanol–water partition coefficient (Wildman–Crippen LogP) is 2.50. The molecule has 1 aliphatic carbocycles. The molecule has 2 aromatic rings. The van der Waals surface area contributed by atoms with Gasteiger partial charge in [-0.3, -0.25) is 5.10 Å². The zero-order chi connectivity index (χ0) is 18.0. The summed E-state index contributed by atoms with van der Waals surface area (Å²) in [4.78, 5) is 11.6. The van der Waals surface area contributed by atoms with E-state index in [9.17, 15) is 5.26 Å². The van der Waals surface area contributed by atoms with Crippen LogP contribution in [0.15, 0.2) is 18.3 Å². The van der Waals surface area contributed by atoms with Crippen LogP contribution in [0.4, 0.5) is 17.6 Å². The van der Waals surface area contributed by atoms with Crippen LogP contribution in [-0.4, -0.2) is 46.0 Å². The highest BCUT2D eigenvalue weighted by molar-refractivity contribution is 5.54. The average molecular weight is 353 g/mol. The number of ether oxygens (including phenoxy) is 1. The summed E-state index contributed by atoms with van der Waals surface area (Å²) in [5.74, 6) is 2.05. The molecule has 26 heavy (non-hydrogen) atoms. The SMILES string of the molecule is CC1COCCN1c1cc(C2(C#N)CCCC2)nc(Nc2ccn[nH]2)n1. The van der Waals surface area contributed by atoms with Gasteiger partial charge in [-0.1, -0.05) is 12.8 Å². The number of hydrogen-bond donors (Lipinski definition) is 2. The number of nitriles is 1. The second-order valence-electron chi connectivity index (χ2n) is 7.05. The van der Waals surface area contributed by atoms with Gasteiger partial charge in [0.1, 0.15) is 11.6 Å². The van der Waals surface area contributed by atoms with Gasteiger partial charge >= 0.3 is 0 Å². The molecule has 8 heteroatoms. The molecule has 1 saturated heterocycles. The molecule has 0 spiro atoms. The second-order valence-corrected chi connectivity index (χ2v) is 7.05. The van der Waals surface area contributed by atoms with Crippen molar-refractivity contribution in [3.8, 4) is 6.07 Å². The van der Waals surface area contributed by atoms with Gasteiger partial charge in [0.25, 0.3) is 0 Å². The van der Waals surface area contributed by atoms with Gasteiger partial charge in [-0.05, 0) is 19.8 Å². The number of morpholine rings is 1. The molecule has 0 aromatic carbocycles. The van der Waals surface area contributed by atoms with Gasteiger partial charge in [-0.15, -0.1) is 0 Å². The van der Waals surface area contributed by atoms with Crippen molar-refractivity contribution in [3.05, 3.63) is 24.0 Å². The van der Waals surface area contributed by atoms with E-state index in [4.69, 9.17) is 14.7 Å². The molecule has 0 radical (unpaired) electrons. The molecule has 1 unspecified atom stereocenters. The lowest BCUT2D eigenvalue weighted by Gasteiger charge is -2.35. The number of rotatable bonds is 4. The van der Waals surface area contributed by atoms with E-state index in [0.717, 1.165) is 49.6 Å². The third kappa shape index (κ3) is 3.10. The van der Waals surface area contributed by atoms with E-state index in [1.807, 2.05) is 12.1 Å². The molecule has 136 valence electrons. The van der Waals surface area contributed by atoms with Gasteiger partial charge in [0.2, 0.25) is 5.95 Å². The van der Waals surface area contributed by atoms with Crippen LogP contribution in [0.25, 0.3) is 0 Å². The first-order chi connectivity index (χ1) is 12.7. The maximum Gasteiger partial charge on any atom is 0.230 e. The van der Waals surface area contributed by atoms with Crippen LogP contribution >= 0.6 is 0 Å². The predicted molar refractivity (Wildman–Crippen MR) is 97.3 cm³/mol. The summed E-state index contributed by atoms with van der Waals surface area (Å²) in [6, 6.07) is 6.59. The van der Waals surface area contributed by atoms with Crippen LogP contribution in [0.5, 0.6) is 0 Å². The minimum absolute atomic E-state index is 0.230. The lowest BCUT2D eigenvalue weighted by molar-refractivity contribution is 0.0985. The number of nitrogens with one attached hydrogen (secondary N) is 2. The van der Waals surface area contributed by atoms with Crippen molar-refractivity contribution in [2.45, 2.75) is 44.1 Å². The van der Waals surface area contributed by atoms with Crippen molar-refractivity contribution in [2.75, 3.05) is 30.0 Å². The van der Waals surface area contributed by atoms with E-state index in [1.165, 1.54) is 0 Å². The van der Waals surface area contributed by atoms with Gasteiger partial charge in [0, 0.05) is 18.7 Å².